The number of ether oxygens (including phenoxy) is 1. The van der Waals surface area contributed by atoms with Crippen LogP contribution in [-0.4, -0.2) is 17.1 Å². The molecule has 112 valence electrons. The van der Waals surface area contributed by atoms with Gasteiger partial charge in [-0.2, -0.15) is 4.98 Å². The zero-order valence-corrected chi connectivity index (χ0v) is 12.6. The van der Waals surface area contributed by atoms with Crippen molar-refractivity contribution in [3.8, 4) is 5.88 Å². The van der Waals surface area contributed by atoms with Gasteiger partial charge in [0.05, 0.1) is 7.11 Å². The highest BCUT2D eigenvalue weighted by atomic mass is 19.1. The van der Waals surface area contributed by atoms with Crippen LogP contribution in [0.3, 0.4) is 0 Å². The highest BCUT2D eigenvalue weighted by Crippen LogP contribution is 2.16. The Kier molecular flexibility index (Phi) is 5.09. The molecule has 21 heavy (non-hydrogen) atoms. The molecule has 1 N–H and O–H groups in total. The molecule has 1 aromatic heterocycles. The minimum atomic E-state index is -0.228. The molecule has 0 atom stereocenters. The molecular weight excluding hydrogens is 269 g/mol. The van der Waals surface area contributed by atoms with Crippen LogP contribution in [0.25, 0.3) is 0 Å². The molecule has 4 nitrogen and oxygen atoms in total. The molecule has 0 amide bonds. The summed E-state index contributed by atoms with van der Waals surface area (Å²) in [5, 5.41) is 3.12. The second-order valence-corrected chi connectivity index (χ2v) is 5.25. The van der Waals surface area contributed by atoms with Crippen LogP contribution in [0.15, 0.2) is 30.3 Å². The molecule has 0 saturated heterocycles. The topological polar surface area (TPSA) is 47.0 Å². The average molecular weight is 289 g/mol. The maximum absolute atomic E-state index is 13.6. The maximum atomic E-state index is 13.6. The standard InChI is InChI=1S/C16H20FN3O/c1-11(2)8-15-19-14(9-16(20-15)21-3)18-10-12-6-4-5-7-13(12)17/h4-7,9,11H,8,10H2,1-3H3,(H,18,19,20). The van der Waals surface area contributed by atoms with Gasteiger partial charge in [-0.25, -0.2) is 9.37 Å². The number of nitrogens with zero attached hydrogens (tertiary/aromatic N) is 2. The average Bonchev–Trinajstić information content (AvgIpc) is 2.45. The van der Waals surface area contributed by atoms with E-state index in [0.717, 1.165) is 12.2 Å². The van der Waals surface area contributed by atoms with Gasteiger partial charge < -0.3 is 10.1 Å². The van der Waals surface area contributed by atoms with Crippen molar-refractivity contribution in [2.24, 2.45) is 5.92 Å². The van der Waals surface area contributed by atoms with Crippen LogP contribution in [0.4, 0.5) is 10.2 Å². The third-order valence-electron chi connectivity index (χ3n) is 2.97. The molecule has 0 aliphatic rings. The molecule has 0 saturated carbocycles. The van der Waals surface area contributed by atoms with Crippen LogP contribution in [0.5, 0.6) is 5.88 Å². The number of nitrogens with one attached hydrogen (secondary N) is 1. The van der Waals surface area contributed by atoms with Crippen molar-refractivity contribution in [1.29, 1.82) is 0 Å². The van der Waals surface area contributed by atoms with Gasteiger partial charge in [-0.05, 0) is 12.0 Å². The summed E-state index contributed by atoms with van der Waals surface area (Å²) < 4.78 is 18.8. The monoisotopic (exact) mass is 289 g/mol. The lowest BCUT2D eigenvalue weighted by molar-refractivity contribution is 0.394. The van der Waals surface area contributed by atoms with Gasteiger partial charge in [0, 0.05) is 24.6 Å². The van der Waals surface area contributed by atoms with Gasteiger partial charge in [0.15, 0.2) is 0 Å². The maximum Gasteiger partial charge on any atom is 0.218 e. The Hall–Kier alpha value is -2.17. The van der Waals surface area contributed by atoms with Gasteiger partial charge >= 0.3 is 0 Å². The van der Waals surface area contributed by atoms with Crippen LogP contribution in [0, 0.1) is 11.7 Å². The van der Waals surface area contributed by atoms with Crippen molar-refractivity contribution in [3.63, 3.8) is 0 Å². The zero-order valence-electron chi connectivity index (χ0n) is 12.6. The third kappa shape index (κ3) is 4.41. The Morgan fingerprint density at radius 2 is 2.00 bits per heavy atom. The second kappa shape index (κ2) is 7.02. The first-order valence-electron chi connectivity index (χ1n) is 6.97. The van der Waals surface area contributed by atoms with Gasteiger partial charge in [-0.1, -0.05) is 32.0 Å². The van der Waals surface area contributed by atoms with E-state index in [9.17, 15) is 4.39 Å². The van der Waals surface area contributed by atoms with Gasteiger partial charge in [0.1, 0.15) is 17.5 Å². The van der Waals surface area contributed by atoms with Gasteiger partial charge in [-0.15, -0.1) is 0 Å². The lowest BCUT2D eigenvalue weighted by atomic mass is 10.1. The van der Waals surface area contributed by atoms with E-state index in [1.807, 2.05) is 6.07 Å². The predicted octanol–water partition coefficient (Wildman–Crippen LogP) is 3.43. The molecule has 1 aromatic carbocycles. The Labute approximate surface area is 124 Å². The van der Waals surface area contributed by atoms with Crippen molar-refractivity contribution in [1.82, 2.24) is 9.97 Å². The van der Waals surface area contributed by atoms with E-state index in [2.05, 4.69) is 29.1 Å². The summed E-state index contributed by atoms with van der Waals surface area (Å²) in [7, 11) is 1.57. The smallest absolute Gasteiger partial charge is 0.218 e. The van der Waals surface area contributed by atoms with Gasteiger partial charge in [-0.3, -0.25) is 0 Å². The summed E-state index contributed by atoms with van der Waals surface area (Å²) in [6.45, 7) is 4.58. The first-order valence-corrected chi connectivity index (χ1v) is 6.97. The largest absolute Gasteiger partial charge is 0.481 e. The quantitative estimate of drug-likeness (QED) is 0.885. The minimum Gasteiger partial charge on any atom is -0.481 e. The van der Waals surface area contributed by atoms with E-state index in [1.165, 1.54) is 6.07 Å². The van der Waals surface area contributed by atoms with E-state index < -0.39 is 0 Å². The second-order valence-electron chi connectivity index (χ2n) is 5.25. The van der Waals surface area contributed by atoms with E-state index in [0.29, 0.717) is 29.7 Å². The van der Waals surface area contributed by atoms with E-state index in [4.69, 9.17) is 4.74 Å². The number of methoxy groups -OCH3 is 1. The third-order valence-corrected chi connectivity index (χ3v) is 2.97. The number of halogens is 1. The van der Waals surface area contributed by atoms with Crippen molar-refractivity contribution in [2.45, 2.75) is 26.8 Å². The first kappa shape index (κ1) is 15.2. The zero-order chi connectivity index (χ0) is 15.2. The molecule has 2 aromatic rings. The normalized spacial score (nSPS) is 10.7. The summed E-state index contributed by atoms with van der Waals surface area (Å²) in [5.41, 5.74) is 0.598. The molecule has 0 aliphatic carbocycles. The minimum absolute atomic E-state index is 0.228. The molecule has 0 radical (unpaired) electrons. The van der Waals surface area contributed by atoms with Gasteiger partial charge in [0.2, 0.25) is 5.88 Å². The summed E-state index contributed by atoms with van der Waals surface area (Å²) in [4.78, 5) is 8.76. The Bertz CT molecular complexity index is 602. The predicted molar refractivity (Wildman–Crippen MR) is 80.9 cm³/mol. The van der Waals surface area contributed by atoms with Crippen LogP contribution >= 0.6 is 0 Å². The van der Waals surface area contributed by atoms with E-state index in [1.54, 1.807) is 25.3 Å². The first-order chi connectivity index (χ1) is 10.1. The summed E-state index contributed by atoms with van der Waals surface area (Å²) >= 11 is 0. The summed E-state index contributed by atoms with van der Waals surface area (Å²) in [5.74, 6) is 2.10. The van der Waals surface area contributed by atoms with Crippen LogP contribution in [0.1, 0.15) is 25.2 Å². The fourth-order valence-corrected chi connectivity index (χ4v) is 1.95. The lowest BCUT2D eigenvalue weighted by Gasteiger charge is -2.11. The molecule has 0 fully saturated rings. The number of rotatable bonds is 6. The van der Waals surface area contributed by atoms with E-state index >= 15 is 0 Å². The molecule has 0 spiro atoms. The van der Waals surface area contributed by atoms with Crippen molar-refractivity contribution in [2.75, 3.05) is 12.4 Å². The molecule has 0 unspecified atom stereocenters. The molecule has 0 bridgehead atoms. The van der Waals surface area contributed by atoms with Gasteiger partial charge in [0.25, 0.3) is 0 Å². The highest BCUT2D eigenvalue weighted by molar-refractivity contribution is 5.39. The Morgan fingerprint density at radius 1 is 1.24 bits per heavy atom. The van der Waals surface area contributed by atoms with Crippen molar-refractivity contribution in [3.05, 3.63) is 47.5 Å². The number of benzene rings is 1. The van der Waals surface area contributed by atoms with Crippen molar-refractivity contribution >= 4 is 5.82 Å². The van der Waals surface area contributed by atoms with E-state index in [-0.39, 0.29) is 5.82 Å². The molecular formula is C16H20FN3O. The number of anilines is 1. The van der Waals surface area contributed by atoms with Crippen molar-refractivity contribution < 1.29 is 9.13 Å². The Balaban J connectivity index is 2.13. The summed E-state index contributed by atoms with van der Waals surface area (Å²) in [6.07, 6.45) is 0.769. The van der Waals surface area contributed by atoms with Crippen LogP contribution in [0.2, 0.25) is 0 Å². The number of hydrogen-bond donors (Lipinski definition) is 1. The fraction of sp³-hybridized carbons (Fsp3) is 0.375. The lowest BCUT2D eigenvalue weighted by Crippen LogP contribution is -2.08. The fourth-order valence-electron chi connectivity index (χ4n) is 1.95. The Morgan fingerprint density at radius 3 is 2.67 bits per heavy atom. The van der Waals surface area contributed by atoms with Crippen LogP contribution < -0.4 is 10.1 Å². The molecule has 2 rings (SSSR count). The summed E-state index contributed by atoms with van der Waals surface area (Å²) in [6, 6.07) is 8.39. The number of hydrogen-bond acceptors (Lipinski definition) is 4. The molecule has 1 heterocycles. The SMILES string of the molecule is COc1cc(NCc2ccccc2F)nc(CC(C)C)n1. The highest BCUT2D eigenvalue weighted by Gasteiger charge is 2.08. The number of aromatic nitrogens is 2. The van der Waals surface area contributed by atoms with Crippen LogP contribution in [-0.2, 0) is 13.0 Å². The molecule has 5 heteroatoms. The molecule has 0 aliphatic heterocycles.